The van der Waals surface area contributed by atoms with Gasteiger partial charge < -0.3 is 15.6 Å². The minimum Gasteiger partial charge on any atom is -0.505 e. The van der Waals surface area contributed by atoms with E-state index in [1.165, 1.54) is 11.3 Å². The van der Waals surface area contributed by atoms with E-state index in [1.54, 1.807) is 22.7 Å². The number of nitrogens with zero attached hydrogens (tertiary/aromatic N) is 4. The summed E-state index contributed by atoms with van der Waals surface area (Å²) in [6.07, 6.45) is 0.928. The molecule has 0 aliphatic carbocycles. The van der Waals surface area contributed by atoms with Gasteiger partial charge in [-0.15, -0.1) is 10.2 Å². The molecular weight excluding hydrogens is 290 g/mol. The SMILES string of the molecule is Nc1cccc(-c2nn3c(C4CCOC4)nnc3s2)c1O. The Morgan fingerprint density at radius 3 is 3.10 bits per heavy atom. The summed E-state index contributed by atoms with van der Waals surface area (Å²) in [5, 5.41) is 23.6. The number of para-hydroxylation sites is 1. The first kappa shape index (κ1) is 12.5. The Hall–Kier alpha value is -2.19. The minimum absolute atomic E-state index is 0.0493. The summed E-state index contributed by atoms with van der Waals surface area (Å²) < 4.78 is 7.13. The topological polar surface area (TPSA) is 98.6 Å². The van der Waals surface area contributed by atoms with Crippen LogP contribution in [-0.4, -0.2) is 38.1 Å². The largest absolute Gasteiger partial charge is 0.505 e. The van der Waals surface area contributed by atoms with E-state index in [4.69, 9.17) is 10.5 Å². The van der Waals surface area contributed by atoms with Gasteiger partial charge in [0.15, 0.2) is 10.8 Å². The molecular formula is C13H13N5O2S. The van der Waals surface area contributed by atoms with Gasteiger partial charge in [-0.1, -0.05) is 17.4 Å². The van der Waals surface area contributed by atoms with Gasteiger partial charge >= 0.3 is 0 Å². The van der Waals surface area contributed by atoms with Crippen LogP contribution in [0.1, 0.15) is 18.2 Å². The molecule has 1 aromatic carbocycles. The van der Waals surface area contributed by atoms with Crippen LogP contribution >= 0.6 is 11.3 Å². The van der Waals surface area contributed by atoms with E-state index >= 15 is 0 Å². The summed E-state index contributed by atoms with van der Waals surface area (Å²) in [5.41, 5.74) is 6.68. The summed E-state index contributed by atoms with van der Waals surface area (Å²) >= 11 is 1.37. The molecule has 1 aliphatic rings. The molecule has 108 valence electrons. The van der Waals surface area contributed by atoms with Crippen molar-refractivity contribution in [2.45, 2.75) is 12.3 Å². The molecule has 1 atom stereocenters. The molecule has 0 bridgehead atoms. The molecule has 1 saturated heterocycles. The monoisotopic (exact) mass is 303 g/mol. The van der Waals surface area contributed by atoms with Crippen molar-refractivity contribution in [3.63, 3.8) is 0 Å². The van der Waals surface area contributed by atoms with Crippen LogP contribution in [-0.2, 0) is 4.74 Å². The van der Waals surface area contributed by atoms with Crippen LogP contribution in [0.5, 0.6) is 5.75 Å². The average molecular weight is 303 g/mol. The molecule has 21 heavy (non-hydrogen) atoms. The number of fused-ring (bicyclic) bond motifs is 1. The lowest BCUT2D eigenvalue weighted by molar-refractivity contribution is 0.193. The molecule has 3 N–H and O–H groups in total. The van der Waals surface area contributed by atoms with E-state index in [-0.39, 0.29) is 11.7 Å². The summed E-state index contributed by atoms with van der Waals surface area (Å²) in [6.45, 7) is 1.39. The molecule has 1 fully saturated rings. The number of benzene rings is 1. The third-order valence-electron chi connectivity index (χ3n) is 3.61. The van der Waals surface area contributed by atoms with E-state index in [0.717, 1.165) is 18.9 Å². The van der Waals surface area contributed by atoms with Gasteiger partial charge in [0.1, 0.15) is 5.75 Å². The van der Waals surface area contributed by atoms with Crippen LogP contribution in [0, 0.1) is 0 Å². The van der Waals surface area contributed by atoms with Gasteiger partial charge in [0.25, 0.3) is 0 Å². The number of nitrogen functional groups attached to an aromatic ring is 1. The van der Waals surface area contributed by atoms with Crippen LogP contribution in [0.15, 0.2) is 18.2 Å². The predicted molar refractivity (Wildman–Crippen MR) is 78.3 cm³/mol. The van der Waals surface area contributed by atoms with E-state index < -0.39 is 0 Å². The van der Waals surface area contributed by atoms with Gasteiger partial charge in [-0.05, 0) is 18.6 Å². The third kappa shape index (κ3) is 1.95. The van der Waals surface area contributed by atoms with Gasteiger partial charge in [-0.3, -0.25) is 0 Å². The molecule has 3 heterocycles. The van der Waals surface area contributed by atoms with Gasteiger partial charge in [-0.25, -0.2) is 0 Å². The maximum Gasteiger partial charge on any atom is 0.234 e. The minimum atomic E-state index is 0.0493. The second-order valence-electron chi connectivity index (χ2n) is 4.96. The summed E-state index contributed by atoms with van der Waals surface area (Å²) in [5.74, 6) is 1.09. The maximum atomic E-state index is 10.1. The Morgan fingerprint density at radius 2 is 2.29 bits per heavy atom. The second kappa shape index (κ2) is 4.68. The number of anilines is 1. The standard InChI is InChI=1S/C13H13N5O2S/c14-9-3-1-2-8(10(9)19)12-17-18-11(7-4-5-20-6-7)15-16-13(18)21-12/h1-3,7,19H,4-6,14H2. The molecule has 3 aromatic rings. The van der Waals surface area contributed by atoms with Crippen molar-refractivity contribution in [3.05, 3.63) is 24.0 Å². The zero-order valence-corrected chi connectivity index (χ0v) is 11.9. The Bertz CT molecular complexity index is 806. The summed E-state index contributed by atoms with van der Waals surface area (Å²) in [4.78, 5) is 0.703. The van der Waals surface area contributed by atoms with E-state index in [0.29, 0.717) is 27.8 Å². The molecule has 0 spiro atoms. The predicted octanol–water partition coefficient (Wildman–Crippen LogP) is 1.64. The first-order valence-electron chi connectivity index (χ1n) is 6.62. The first-order valence-corrected chi connectivity index (χ1v) is 7.43. The van der Waals surface area contributed by atoms with Crippen LogP contribution < -0.4 is 5.73 Å². The quantitative estimate of drug-likeness (QED) is 0.551. The van der Waals surface area contributed by atoms with Gasteiger partial charge in [0.2, 0.25) is 4.96 Å². The number of phenolic OH excluding ortho intramolecular Hbond substituents is 1. The van der Waals surface area contributed by atoms with Crippen molar-refractivity contribution in [1.82, 2.24) is 19.8 Å². The number of aromatic hydroxyl groups is 1. The van der Waals surface area contributed by atoms with Gasteiger partial charge in [0, 0.05) is 12.5 Å². The number of phenols is 1. The Labute approximate surface area is 124 Å². The fraction of sp³-hybridized carbons (Fsp3) is 0.308. The number of nitrogens with two attached hydrogens (primary N) is 1. The number of aromatic nitrogens is 4. The van der Waals surface area contributed by atoms with E-state index in [1.807, 2.05) is 0 Å². The smallest absolute Gasteiger partial charge is 0.234 e. The maximum absolute atomic E-state index is 10.1. The summed E-state index contributed by atoms with van der Waals surface area (Å²) in [6, 6.07) is 5.23. The summed E-state index contributed by atoms with van der Waals surface area (Å²) in [7, 11) is 0. The fourth-order valence-corrected chi connectivity index (χ4v) is 3.34. The zero-order chi connectivity index (χ0) is 14.4. The molecule has 0 amide bonds. The van der Waals surface area contributed by atoms with Crippen molar-refractivity contribution in [2.24, 2.45) is 0 Å². The van der Waals surface area contributed by atoms with E-state index in [9.17, 15) is 5.11 Å². The lowest BCUT2D eigenvalue weighted by Gasteiger charge is -2.03. The second-order valence-corrected chi connectivity index (χ2v) is 5.92. The lowest BCUT2D eigenvalue weighted by atomic mass is 10.1. The first-order chi connectivity index (χ1) is 10.2. The van der Waals surface area contributed by atoms with E-state index in [2.05, 4.69) is 15.3 Å². The normalized spacial score (nSPS) is 18.6. The fourth-order valence-electron chi connectivity index (χ4n) is 2.47. The van der Waals surface area contributed by atoms with Crippen molar-refractivity contribution < 1.29 is 9.84 Å². The molecule has 0 radical (unpaired) electrons. The molecule has 7 nitrogen and oxygen atoms in total. The Kier molecular flexibility index (Phi) is 2.79. The van der Waals surface area contributed by atoms with Crippen molar-refractivity contribution in [1.29, 1.82) is 0 Å². The van der Waals surface area contributed by atoms with Crippen LogP contribution in [0.2, 0.25) is 0 Å². The molecule has 1 aliphatic heterocycles. The van der Waals surface area contributed by atoms with Gasteiger partial charge in [-0.2, -0.15) is 9.61 Å². The number of ether oxygens (including phenoxy) is 1. The molecule has 0 saturated carbocycles. The number of hydrogen-bond donors (Lipinski definition) is 2. The van der Waals surface area contributed by atoms with Crippen LogP contribution in [0.25, 0.3) is 15.5 Å². The highest BCUT2D eigenvalue weighted by atomic mass is 32.1. The van der Waals surface area contributed by atoms with Crippen molar-refractivity contribution >= 4 is 22.0 Å². The molecule has 2 aromatic heterocycles. The van der Waals surface area contributed by atoms with Gasteiger partial charge in [0.05, 0.1) is 17.9 Å². The zero-order valence-electron chi connectivity index (χ0n) is 11.1. The van der Waals surface area contributed by atoms with Crippen molar-refractivity contribution in [2.75, 3.05) is 18.9 Å². The van der Waals surface area contributed by atoms with Crippen molar-refractivity contribution in [3.8, 4) is 16.3 Å². The van der Waals surface area contributed by atoms with Crippen LogP contribution in [0.3, 0.4) is 0 Å². The Morgan fingerprint density at radius 1 is 1.38 bits per heavy atom. The lowest BCUT2D eigenvalue weighted by Crippen LogP contribution is -2.04. The number of rotatable bonds is 2. The number of hydrogen-bond acceptors (Lipinski definition) is 7. The Balaban J connectivity index is 1.82. The van der Waals surface area contributed by atoms with Crippen LogP contribution in [0.4, 0.5) is 5.69 Å². The highest BCUT2D eigenvalue weighted by Crippen LogP contribution is 2.36. The molecule has 1 unspecified atom stereocenters. The third-order valence-corrected chi connectivity index (χ3v) is 4.54. The average Bonchev–Trinajstić information content (AvgIpc) is 3.16. The highest BCUT2D eigenvalue weighted by molar-refractivity contribution is 7.19. The molecule has 8 heteroatoms. The highest BCUT2D eigenvalue weighted by Gasteiger charge is 2.25. The molecule has 4 rings (SSSR count).